The largest absolute Gasteiger partial charge is 0.466 e. The van der Waals surface area contributed by atoms with Gasteiger partial charge >= 0.3 is 5.97 Å². The normalized spacial score (nSPS) is 19.1. The minimum absolute atomic E-state index is 0. The van der Waals surface area contributed by atoms with Gasteiger partial charge in [-0.2, -0.15) is 5.26 Å². The lowest BCUT2D eigenvalue weighted by Gasteiger charge is -2.29. The Hall–Kier alpha value is -1.89. The number of guanidine groups is 1. The Kier molecular flexibility index (Phi) is 10.8. The lowest BCUT2D eigenvalue weighted by atomic mass is 9.86. The van der Waals surface area contributed by atoms with Crippen LogP contribution in [0.2, 0.25) is 0 Å². The van der Waals surface area contributed by atoms with Gasteiger partial charge in [0.05, 0.1) is 30.7 Å². The number of nitriles is 1. The van der Waals surface area contributed by atoms with Crippen molar-refractivity contribution in [2.75, 3.05) is 13.2 Å². The summed E-state index contributed by atoms with van der Waals surface area (Å²) < 4.78 is 19.0. The maximum absolute atomic E-state index is 13.9. The highest BCUT2D eigenvalue weighted by atomic mass is 127. The molecule has 1 saturated carbocycles. The number of nitrogens with zero attached hydrogens (tertiary/aromatic N) is 2. The molecule has 28 heavy (non-hydrogen) atoms. The zero-order valence-electron chi connectivity index (χ0n) is 16.3. The van der Waals surface area contributed by atoms with E-state index in [2.05, 4.69) is 15.6 Å². The number of hydrogen-bond donors (Lipinski definition) is 2. The first-order valence-corrected chi connectivity index (χ1v) is 9.47. The van der Waals surface area contributed by atoms with E-state index in [1.165, 1.54) is 18.2 Å². The van der Waals surface area contributed by atoms with E-state index in [1.54, 1.807) is 0 Å². The van der Waals surface area contributed by atoms with Crippen LogP contribution in [-0.4, -0.2) is 31.1 Å². The molecule has 0 spiro atoms. The lowest BCUT2D eigenvalue weighted by molar-refractivity contribution is -0.149. The summed E-state index contributed by atoms with van der Waals surface area (Å²) in [7, 11) is 0. The second-order valence-electron chi connectivity index (χ2n) is 6.56. The average Bonchev–Trinajstić information content (AvgIpc) is 2.68. The highest BCUT2D eigenvalue weighted by molar-refractivity contribution is 14.0. The third-order valence-electron chi connectivity index (χ3n) is 4.61. The summed E-state index contributed by atoms with van der Waals surface area (Å²) in [6, 6.07) is 6.49. The molecule has 0 unspecified atom stereocenters. The molecule has 1 aliphatic rings. The van der Waals surface area contributed by atoms with Gasteiger partial charge in [0, 0.05) is 18.2 Å². The number of rotatable bonds is 6. The molecule has 0 aliphatic heterocycles. The van der Waals surface area contributed by atoms with E-state index in [0.29, 0.717) is 30.2 Å². The van der Waals surface area contributed by atoms with Crippen molar-refractivity contribution in [3.63, 3.8) is 0 Å². The second kappa shape index (κ2) is 12.5. The number of benzene rings is 1. The van der Waals surface area contributed by atoms with E-state index in [9.17, 15) is 9.18 Å². The van der Waals surface area contributed by atoms with Crippen molar-refractivity contribution in [1.29, 1.82) is 5.26 Å². The molecule has 0 atom stereocenters. The number of hydrogen-bond acceptors (Lipinski definition) is 4. The summed E-state index contributed by atoms with van der Waals surface area (Å²) in [5.74, 6) is 0.108. The van der Waals surface area contributed by atoms with Gasteiger partial charge in [-0.15, -0.1) is 24.0 Å². The first kappa shape index (κ1) is 24.1. The maximum atomic E-state index is 13.9. The van der Waals surface area contributed by atoms with E-state index in [1.807, 2.05) is 19.9 Å². The zero-order valence-corrected chi connectivity index (χ0v) is 18.7. The van der Waals surface area contributed by atoms with Gasteiger partial charge in [0.15, 0.2) is 5.96 Å². The first-order chi connectivity index (χ1) is 13.1. The summed E-state index contributed by atoms with van der Waals surface area (Å²) in [6.07, 6.45) is 3.28. The van der Waals surface area contributed by atoms with Crippen LogP contribution >= 0.6 is 24.0 Å². The minimum atomic E-state index is -0.372. The molecule has 0 heterocycles. The van der Waals surface area contributed by atoms with Crippen molar-refractivity contribution >= 4 is 35.9 Å². The molecule has 6 nitrogen and oxygen atoms in total. The molecule has 0 saturated heterocycles. The molecule has 8 heteroatoms. The highest BCUT2D eigenvalue weighted by Gasteiger charge is 2.27. The van der Waals surface area contributed by atoms with Crippen LogP contribution in [0.4, 0.5) is 4.39 Å². The van der Waals surface area contributed by atoms with Crippen LogP contribution in [0.5, 0.6) is 0 Å². The van der Waals surface area contributed by atoms with Gasteiger partial charge in [-0.1, -0.05) is 0 Å². The Morgan fingerprint density at radius 1 is 1.32 bits per heavy atom. The Bertz CT molecular complexity index is 713. The standard InChI is InChI=1S/C20H27FN4O2.HI/c1-3-23-20(24-13-16-11-14(12-22)5-10-18(16)21)25-17-8-6-15(7-9-17)19(26)27-4-2;/h5,10-11,15,17H,3-4,6-9,13H2,1-2H3,(H2,23,24,25);1H. The van der Waals surface area contributed by atoms with Crippen molar-refractivity contribution in [1.82, 2.24) is 10.6 Å². The molecule has 1 aliphatic carbocycles. The summed E-state index contributed by atoms with van der Waals surface area (Å²) in [4.78, 5) is 16.3. The van der Waals surface area contributed by atoms with Gasteiger partial charge in [0.1, 0.15) is 5.82 Å². The Morgan fingerprint density at radius 3 is 2.64 bits per heavy atom. The molecule has 1 fully saturated rings. The van der Waals surface area contributed by atoms with Gasteiger partial charge in [-0.3, -0.25) is 4.79 Å². The molecule has 1 aromatic rings. The van der Waals surface area contributed by atoms with Gasteiger partial charge in [0.25, 0.3) is 0 Å². The molecular formula is C20H28FIN4O2. The fourth-order valence-electron chi connectivity index (χ4n) is 3.18. The van der Waals surface area contributed by atoms with Gasteiger partial charge < -0.3 is 15.4 Å². The maximum Gasteiger partial charge on any atom is 0.308 e. The van der Waals surface area contributed by atoms with E-state index >= 15 is 0 Å². The summed E-state index contributed by atoms with van der Waals surface area (Å²) in [6.45, 7) is 5.03. The predicted molar refractivity (Wildman–Crippen MR) is 117 cm³/mol. The molecule has 1 aromatic carbocycles. The quantitative estimate of drug-likeness (QED) is 0.269. The van der Waals surface area contributed by atoms with Crippen molar-refractivity contribution in [3.8, 4) is 6.07 Å². The predicted octanol–water partition coefficient (Wildman–Crippen LogP) is 3.49. The van der Waals surface area contributed by atoms with Crippen LogP contribution in [0.1, 0.15) is 50.7 Å². The molecule has 0 radical (unpaired) electrons. The van der Waals surface area contributed by atoms with Crippen molar-refractivity contribution in [3.05, 3.63) is 35.1 Å². The summed E-state index contributed by atoms with van der Waals surface area (Å²) in [5, 5.41) is 15.5. The van der Waals surface area contributed by atoms with Crippen LogP contribution in [0.3, 0.4) is 0 Å². The molecule has 0 bridgehead atoms. The summed E-state index contributed by atoms with van der Waals surface area (Å²) in [5.41, 5.74) is 0.800. The number of nitrogens with one attached hydrogen (secondary N) is 2. The molecule has 2 N–H and O–H groups in total. The fourth-order valence-corrected chi connectivity index (χ4v) is 3.18. The number of halogens is 2. The fraction of sp³-hybridized carbons (Fsp3) is 0.550. The Balaban J connectivity index is 0.00000392. The minimum Gasteiger partial charge on any atom is -0.466 e. The van der Waals surface area contributed by atoms with Gasteiger partial charge in [0.2, 0.25) is 0 Å². The van der Waals surface area contributed by atoms with Crippen LogP contribution in [-0.2, 0) is 16.1 Å². The van der Waals surface area contributed by atoms with E-state index in [4.69, 9.17) is 10.00 Å². The SMILES string of the molecule is CCNC(=NCc1cc(C#N)ccc1F)NC1CCC(C(=O)OCC)CC1.I. The third-order valence-corrected chi connectivity index (χ3v) is 4.61. The van der Waals surface area contributed by atoms with Crippen LogP contribution < -0.4 is 10.6 Å². The number of carbonyl (C=O) groups excluding carboxylic acids is 1. The van der Waals surface area contributed by atoms with Crippen molar-refractivity contribution in [2.45, 2.75) is 52.1 Å². The van der Waals surface area contributed by atoms with Crippen molar-refractivity contribution in [2.24, 2.45) is 10.9 Å². The third kappa shape index (κ3) is 7.26. The topological polar surface area (TPSA) is 86.5 Å². The van der Waals surface area contributed by atoms with Crippen LogP contribution in [0.15, 0.2) is 23.2 Å². The zero-order chi connectivity index (χ0) is 19.6. The summed E-state index contributed by atoms with van der Waals surface area (Å²) >= 11 is 0. The molecule has 154 valence electrons. The molecule has 0 aromatic heterocycles. The van der Waals surface area contributed by atoms with Crippen molar-refractivity contribution < 1.29 is 13.9 Å². The Morgan fingerprint density at radius 2 is 2.04 bits per heavy atom. The number of ether oxygens (including phenoxy) is 1. The second-order valence-corrected chi connectivity index (χ2v) is 6.56. The van der Waals surface area contributed by atoms with Gasteiger partial charge in [-0.05, 0) is 57.7 Å². The van der Waals surface area contributed by atoms with Gasteiger partial charge in [-0.25, -0.2) is 9.38 Å². The number of aliphatic imine (C=N–C) groups is 1. The van der Waals surface area contributed by atoms with E-state index in [-0.39, 0.29) is 54.3 Å². The Labute approximate surface area is 183 Å². The molecule has 2 rings (SSSR count). The highest BCUT2D eigenvalue weighted by Crippen LogP contribution is 2.25. The monoisotopic (exact) mass is 502 g/mol. The van der Waals surface area contributed by atoms with Crippen LogP contribution in [0, 0.1) is 23.1 Å². The number of carbonyl (C=O) groups is 1. The molecule has 0 amide bonds. The van der Waals surface area contributed by atoms with Crippen LogP contribution in [0.25, 0.3) is 0 Å². The van der Waals surface area contributed by atoms with E-state index < -0.39 is 0 Å². The smallest absolute Gasteiger partial charge is 0.308 e. The molecular weight excluding hydrogens is 474 g/mol. The lowest BCUT2D eigenvalue weighted by Crippen LogP contribution is -2.45. The number of esters is 1. The van der Waals surface area contributed by atoms with E-state index in [0.717, 1.165) is 25.7 Å². The average molecular weight is 502 g/mol. The first-order valence-electron chi connectivity index (χ1n) is 9.47.